The normalized spacial score (nSPS) is 20.8. The number of nitrogens with zero attached hydrogens (tertiary/aromatic N) is 4. The number of carboxylic acids is 1. The fraction of sp³-hybridized carbons (Fsp3) is 0.556. The number of terminal acetylenes is 1. The van der Waals surface area contributed by atoms with Crippen molar-refractivity contribution in [1.82, 2.24) is 25.1 Å². The Morgan fingerprint density at radius 1 is 1.22 bits per heavy atom. The second kappa shape index (κ2) is 13.1. The van der Waals surface area contributed by atoms with Gasteiger partial charge in [0.2, 0.25) is 11.8 Å². The van der Waals surface area contributed by atoms with Gasteiger partial charge >= 0.3 is 12.0 Å². The predicted octanol–water partition coefficient (Wildman–Crippen LogP) is 2.12. The number of urea groups is 1. The van der Waals surface area contributed by atoms with Crippen molar-refractivity contribution in [1.29, 1.82) is 0 Å². The molecule has 4 amide bonds. The van der Waals surface area contributed by atoms with Crippen molar-refractivity contribution in [3.8, 4) is 12.3 Å². The average molecular weight is 512 g/mol. The lowest BCUT2D eigenvalue weighted by Crippen LogP contribution is -2.76. The van der Waals surface area contributed by atoms with Crippen molar-refractivity contribution in [2.45, 2.75) is 64.7 Å². The summed E-state index contributed by atoms with van der Waals surface area (Å²) in [7, 11) is 0. The van der Waals surface area contributed by atoms with Crippen molar-refractivity contribution in [3.63, 3.8) is 0 Å². The van der Waals surface area contributed by atoms with E-state index in [0.717, 1.165) is 31.2 Å². The van der Waals surface area contributed by atoms with E-state index in [-0.39, 0.29) is 32.1 Å². The predicted molar refractivity (Wildman–Crippen MR) is 137 cm³/mol. The molecule has 37 heavy (non-hydrogen) atoms. The molecule has 2 heterocycles. The van der Waals surface area contributed by atoms with Crippen LogP contribution >= 0.6 is 0 Å². The molecule has 1 aromatic rings. The zero-order chi connectivity index (χ0) is 26.9. The number of fused-ring (bicyclic) bond motifs is 1. The van der Waals surface area contributed by atoms with Crippen LogP contribution < -0.4 is 5.32 Å². The van der Waals surface area contributed by atoms with Crippen molar-refractivity contribution in [3.05, 3.63) is 35.9 Å². The highest BCUT2D eigenvalue weighted by Gasteiger charge is 2.52. The highest BCUT2D eigenvalue weighted by atomic mass is 16.4. The Morgan fingerprint density at radius 3 is 2.57 bits per heavy atom. The minimum Gasteiger partial charge on any atom is -0.481 e. The molecule has 0 aliphatic carbocycles. The molecule has 3 atom stereocenters. The molecule has 0 radical (unpaired) electrons. The molecule has 2 saturated heterocycles. The van der Waals surface area contributed by atoms with Gasteiger partial charge in [0.1, 0.15) is 12.2 Å². The van der Waals surface area contributed by atoms with Gasteiger partial charge in [0.25, 0.3) is 0 Å². The van der Waals surface area contributed by atoms with Crippen molar-refractivity contribution >= 4 is 23.8 Å². The van der Waals surface area contributed by atoms with Gasteiger partial charge in [-0.15, -0.1) is 6.42 Å². The van der Waals surface area contributed by atoms with Crippen LogP contribution in [-0.2, 0) is 20.9 Å². The number of benzene rings is 1. The summed E-state index contributed by atoms with van der Waals surface area (Å²) in [4.78, 5) is 54.8. The summed E-state index contributed by atoms with van der Waals surface area (Å²) in [5.74, 6) is 0.735. The molecule has 1 aromatic carbocycles. The number of aliphatic carboxylic acids is 1. The highest BCUT2D eigenvalue weighted by Crippen LogP contribution is 2.29. The lowest BCUT2D eigenvalue weighted by atomic mass is 9.96. The second-order valence-electron chi connectivity index (χ2n) is 9.57. The summed E-state index contributed by atoms with van der Waals surface area (Å²) < 4.78 is 0. The van der Waals surface area contributed by atoms with Crippen molar-refractivity contribution in [2.24, 2.45) is 5.92 Å². The minimum atomic E-state index is -1.19. The number of rotatable bonds is 11. The molecule has 0 saturated carbocycles. The van der Waals surface area contributed by atoms with Crippen molar-refractivity contribution in [2.75, 3.05) is 26.2 Å². The minimum absolute atomic E-state index is 0.0144. The van der Waals surface area contributed by atoms with Gasteiger partial charge in [-0.1, -0.05) is 69.4 Å². The third kappa shape index (κ3) is 6.80. The van der Waals surface area contributed by atoms with E-state index in [4.69, 9.17) is 6.42 Å². The average Bonchev–Trinajstić information content (AvgIpc) is 2.87. The number of carbonyl (C=O) groups excluding carboxylic acids is 3. The quantitative estimate of drug-likeness (QED) is 0.440. The first kappa shape index (κ1) is 28.0. The summed E-state index contributed by atoms with van der Waals surface area (Å²) in [6.45, 7) is 4.76. The highest BCUT2D eigenvalue weighted by molar-refractivity contribution is 5.93. The Hall–Kier alpha value is -3.58. The Morgan fingerprint density at radius 2 is 1.95 bits per heavy atom. The topological polar surface area (TPSA) is 114 Å². The molecule has 10 nitrogen and oxygen atoms in total. The number of piperazine rings is 1. The molecule has 0 bridgehead atoms. The molecule has 2 N–H and O–H groups in total. The van der Waals surface area contributed by atoms with Gasteiger partial charge in [0.05, 0.1) is 26.1 Å². The number of hydrogen-bond acceptors (Lipinski definition) is 5. The first-order chi connectivity index (χ1) is 17.8. The van der Waals surface area contributed by atoms with Gasteiger partial charge in [0, 0.05) is 13.1 Å². The largest absolute Gasteiger partial charge is 0.481 e. The van der Waals surface area contributed by atoms with Crippen LogP contribution in [0.3, 0.4) is 0 Å². The number of carbonyl (C=O) groups is 4. The van der Waals surface area contributed by atoms with Gasteiger partial charge in [-0.3, -0.25) is 14.4 Å². The summed E-state index contributed by atoms with van der Waals surface area (Å²) >= 11 is 0. The number of hydrazine groups is 1. The first-order valence-corrected chi connectivity index (χ1v) is 12.9. The van der Waals surface area contributed by atoms with E-state index in [0.29, 0.717) is 6.54 Å². The van der Waals surface area contributed by atoms with E-state index in [9.17, 15) is 24.3 Å². The van der Waals surface area contributed by atoms with E-state index < -0.39 is 42.4 Å². The molecular weight excluding hydrogens is 474 g/mol. The Kier molecular flexibility index (Phi) is 9.92. The number of carboxylic acid groups (broad SMARTS) is 1. The SMILES string of the molecule is C#CCN1CC(=O)N2[C@@H](CC(=O)O)C(=O)N(CC(CC)CCCC)C[C@@H]2N1C(=O)NCc1ccccc1. The maximum atomic E-state index is 13.5. The van der Waals surface area contributed by atoms with E-state index >= 15 is 0 Å². The monoisotopic (exact) mass is 511 g/mol. The lowest BCUT2D eigenvalue weighted by molar-refractivity contribution is -0.190. The number of nitrogens with one attached hydrogen (secondary N) is 1. The number of hydrogen-bond donors (Lipinski definition) is 2. The molecule has 2 aliphatic rings. The van der Waals surface area contributed by atoms with Gasteiger partial charge in [-0.05, 0) is 17.9 Å². The van der Waals surface area contributed by atoms with E-state index in [1.165, 1.54) is 14.9 Å². The third-order valence-electron chi connectivity index (χ3n) is 6.99. The van der Waals surface area contributed by atoms with Crippen LogP contribution in [0.4, 0.5) is 4.79 Å². The van der Waals surface area contributed by atoms with Gasteiger partial charge < -0.3 is 20.2 Å². The Labute approximate surface area is 218 Å². The van der Waals surface area contributed by atoms with Crippen LogP contribution in [0.2, 0.25) is 0 Å². The van der Waals surface area contributed by atoms with E-state index in [1.807, 2.05) is 30.3 Å². The summed E-state index contributed by atoms with van der Waals surface area (Å²) in [5.41, 5.74) is 0.898. The summed E-state index contributed by atoms with van der Waals surface area (Å²) in [5, 5.41) is 15.3. The molecule has 0 aromatic heterocycles. The Balaban J connectivity index is 1.92. The van der Waals surface area contributed by atoms with Crippen LogP contribution in [0, 0.1) is 18.3 Å². The van der Waals surface area contributed by atoms with Crippen LogP contribution in [-0.4, -0.2) is 87.1 Å². The first-order valence-electron chi connectivity index (χ1n) is 12.9. The van der Waals surface area contributed by atoms with Crippen LogP contribution in [0.25, 0.3) is 0 Å². The standard InChI is InChI=1S/C27H37N5O5/c1-4-7-11-20(6-3)17-29-18-23-31(22(26(29)36)15-25(34)35)24(33)19-30(14-5-2)32(23)27(37)28-16-21-12-9-8-10-13-21/h2,8-10,12-13,20,22-23H,4,6-7,11,14-19H2,1,3H3,(H,28,37)(H,34,35)/t20?,22-,23-/m0/s1. The smallest absolute Gasteiger partial charge is 0.334 e. The van der Waals surface area contributed by atoms with Crippen LogP contribution in [0.1, 0.15) is 51.5 Å². The maximum Gasteiger partial charge on any atom is 0.334 e. The molecular formula is C27H37N5O5. The fourth-order valence-electron chi connectivity index (χ4n) is 5.05. The lowest BCUT2D eigenvalue weighted by Gasteiger charge is -2.55. The van der Waals surface area contributed by atoms with Gasteiger partial charge in [0.15, 0.2) is 0 Å². The fourth-order valence-corrected chi connectivity index (χ4v) is 5.05. The number of unbranched alkanes of at least 4 members (excludes halogenated alkanes) is 1. The molecule has 10 heteroatoms. The molecule has 3 rings (SSSR count). The second-order valence-corrected chi connectivity index (χ2v) is 9.57. The third-order valence-corrected chi connectivity index (χ3v) is 6.99. The zero-order valence-corrected chi connectivity index (χ0v) is 21.6. The number of amides is 4. The molecule has 2 fully saturated rings. The summed E-state index contributed by atoms with van der Waals surface area (Å²) in [6, 6.07) is 7.74. The van der Waals surface area contributed by atoms with Gasteiger partial charge in [-0.25, -0.2) is 9.80 Å². The molecule has 200 valence electrons. The van der Waals surface area contributed by atoms with E-state index in [2.05, 4.69) is 25.1 Å². The molecule has 1 unspecified atom stereocenters. The van der Waals surface area contributed by atoms with Crippen LogP contribution in [0.15, 0.2) is 30.3 Å². The van der Waals surface area contributed by atoms with Crippen LogP contribution in [0.5, 0.6) is 0 Å². The maximum absolute atomic E-state index is 13.5. The van der Waals surface area contributed by atoms with E-state index in [1.54, 1.807) is 4.90 Å². The molecule has 0 spiro atoms. The van der Waals surface area contributed by atoms with Gasteiger partial charge in [-0.2, -0.15) is 5.01 Å². The zero-order valence-electron chi connectivity index (χ0n) is 21.6. The van der Waals surface area contributed by atoms with Crippen molar-refractivity contribution < 1.29 is 24.3 Å². The summed E-state index contributed by atoms with van der Waals surface area (Å²) in [6.07, 6.45) is 8.03. The Bertz CT molecular complexity index is 1010. The molecule has 2 aliphatic heterocycles.